The molecule has 12 heteroatoms. The van der Waals surface area contributed by atoms with Crippen LogP contribution < -0.4 is 0 Å². The van der Waals surface area contributed by atoms with Gasteiger partial charge in [-0.1, -0.05) is 6.07 Å². The van der Waals surface area contributed by atoms with Gasteiger partial charge in [0.05, 0.1) is 12.1 Å². The Hall–Kier alpha value is -3.41. The molecule has 166 valence electrons. The molecule has 0 aliphatic carbocycles. The molecule has 0 bridgehead atoms. The third kappa shape index (κ3) is 3.81. The summed E-state index contributed by atoms with van der Waals surface area (Å²) < 4.78 is 82.4. The summed E-state index contributed by atoms with van der Waals surface area (Å²) >= 11 is 0.976. The number of benzene rings is 1. The number of nitrogens with zero attached hydrogens (tertiary/aromatic N) is 3. The molecule has 32 heavy (non-hydrogen) atoms. The Morgan fingerprint density at radius 3 is 2.41 bits per heavy atom. The van der Waals surface area contributed by atoms with Gasteiger partial charge < -0.3 is 9.67 Å². The van der Waals surface area contributed by atoms with E-state index in [9.17, 15) is 36.2 Å². The zero-order chi connectivity index (χ0) is 23.3. The third-order valence-electron chi connectivity index (χ3n) is 4.67. The Labute approximate surface area is 179 Å². The number of pyridine rings is 1. The molecule has 0 atom stereocenters. The Kier molecular flexibility index (Phi) is 5.19. The molecule has 3 heterocycles. The number of aromatic carboxylic acids is 1. The van der Waals surface area contributed by atoms with E-state index < -0.39 is 41.8 Å². The van der Waals surface area contributed by atoms with Crippen molar-refractivity contribution in [2.24, 2.45) is 0 Å². The van der Waals surface area contributed by atoms with Crippen molar-refractivity contribution in [2.75, 3.05) is 0 Å². The highest BCUT2D eigenvalue weighted by Crippen LogP contribution is 2.40. The predicted octanol–water partition coefficient (Wildman–Crippen LogP) is 5.94. The number of halogens is 6. The molecule has 1 aromatic carbocycles. The number of carboxylic acid groups (broad SMARTS) is 1. The molecule has 0 aliphatic heterocycles. The number of fused-ring (bicyclic) bond motifs is 1. The fourth-order valence-corrected chi connectivity index (χ4v) is 4.39. The molecule has 0 saturated carbocycles. The van der Waals surface area contributed by atoms with Crippen LogP contribution in [0.1, 0.15) is 27.3 Å². The van der Waals surface area contributed by atoms with Gasteiger partial charge in [-0.05, 0) is 35.2 Å². The van der Waals surface area contributed by atoms with Crippen LogP contribution >= 0.6 is 11.3 Å². The summed E-state index contributed by atoms with van der Waals surface area (Å²) in [6.45, 7) is -0.567. The first-order valence-corrected chi connectivity index (χ1v) is 9.74. The van der Waals surface area contributed by atoms with E-state index in [-0.39, 0.29) is 27.0 Å². The Morgan fingerprint density at radius 2 is 1.81 bits per heavy atom. The van der Waals surface area contributed by atoms with Gasteiger partial charge in [-0.3, -0.25) is 4.98 Å². The van der Waals surface area contributed by atoms with Crippen LogP contribution in [-0.4, -0.2) is 25.6 Å². The highest BCUT2D eigenvalue weighted by molar-refractivity contribution is 7.17. The third-order valence-corrected chi connectivity index (χ3v) is 5.66. The average molecular weight is 471 g/mol. The lowest BCUT2D eigenvalue weighted by Gasteiger charge is -2.13. The first-order valence-electron chi connectivity index (χ1n) is 8.86. The largest absolute Gasteiger partial charge is 0.477 e. The number of imidazole rings is 1. The van der Waals surface area contributed by atoms with E-state index in [0.29, 0.717) is 0 Å². The molecule has 4 rings (SSSR count). The SMILES string of the molecule is O=C(O)c1c(C(F)(F)F)nc(-c2cccnc2)n1Cc1csc2cccc(C(F)(F)F)c12. The summed E-state index contributed by atoms with van der Waals surface area (Å²) in [5.41, 5.74) is -3.65. The number of thiophene rings is 1. The lowest BCUT2D eigenvalue weighted by atomic mass is 10.1. The number of rotatable bonds is 4. The molecule has 0 spiro atoms. The maximum atomic E-state index is 13.6. The number of hydrogen-bond acceptors (Lipinski definition) is 4. The van der Waals surface area contributed by atoms with Gasteiger partial charge in [0, 0.05) is 28.0 Å². The standard InChI is InChI=1S/C20H11F6N3O2S/c21-19(22,23)12-4-1-5-13-14(12)11(9-32-13)8-29-15(18(30)31)16(20(24,25)26)28-17(29)10-3-2-6-27-7-10/h1-7,9H,8H2,(H,30,31). The normalized spacial score (nSPS) is 12.4. The minimum Gasteiger partial charge on any atom is -0.477 e. The summed E-state index contributed by atoms with van der Waals surface area (Å²) in [4.78, 5) is 19.1. The van der Waals surface area contributed by atoms with Crippen molar-refractivity contribution >= 4 is 27.4 Å². The van der Waals surface area contributed by atoms with Gasteiger partial charge in [0.15, 0.2) is 11.4 Å². The van der Waals surface area contributed by atoms with Gasteiger partial charge in [-0.25, -0.2) is 9.78 Å². The topological polar surface area (TPSA) is 68.0 Å². The number of hydrogen-bond donors (Lipinski definition) is 1. The fourth-order valence-electron chi connectivity index (χ4n) is 3.41. The highest BCUT2D eigenvalue weighted by atomic mass is 32.1. The van der Waals surface area contributed by atoms with E-state index in [1.807, 2.05) is 0 Å². The molecule has 0 fully saturated rings. The van der Waals surface area contributed by atoms with Gasteiger partial charge in [-0.2, -0.15) is 26.3 Å². The average Bonchev–Trinajstić information content (AvgIpc) is 3.30. The predicted molar refractivity (Wildman–Crippen MR) is 103 cm³/mol. The number of alkyl halides is 6. The number of carboxylic acids is 1. The Balaban J connectivity index is 1.99. The minimum atomic E-state index is -5.09. The van der Waals surface area contributed by atoms with Crippen LogP contribution in [0.3, 0.4) is 0 Å². The molecule has 0 unspecified atom stereocenters. The summed E-state index contributed by atoms with van der Waals surface area (Å²) in [6.07, 6.45) is -7.24. The van der Waals surface area contributed by atoms with Crippen LogP contribution in [0, 0.1) is 0 Å². The molecule has 0 saturated heterocycles. The molecule has 0 radical (unpaired) electrons. The van der Waals surface area contributed by atoms with Crippen molar-refractivity contribution < 1.29 is 36.2 Å². The summed E-state index contributed by atoms with van der Waals surface area (Å²) in [7, 11) is 0. The number of carbonyl (C=O) groups is 1. The van der Waals surface area contributed by atoms with Crippen molar-refractivity contribution in [1.29, 1.82) is 0 Å². The smallest absolute Gasteiger partial charge is 0.435 e. The van der Waals surface area contributed by atoms with Crippen molar-refractivity contribution in [1.82, 2.24) is 14.5 Å². The Morgan fingerprint density at radius 1 is 1.06 bits per heavy atom. The second-order valence-electron chi connectivity index (χ2n) is 6.70. The molecular formula is C20H11F6N3O2S. The summed E-state index contributed by atoms with van der Waals surface area (Å²) in [5, 5.41) is 10.7. The van der Waals surface area contributed by atoms with Crippen LogP contribution in [-0.2, 0) is 18.9 Å². The fraction of sp³-hybridized carbons (Fsp3) is 0.150. The van der Waals surface area contributed by atoms with Crippen molar-refractivity contribution in [3.63, 3.8) is 0 Å². The molecule has 0 aliphatic rings. The molecule has 0 amide bonds. The van der Waals surface area contributed by atoms with E-state index in [2.05, 4.69) is 9.97 Å². The van der Waals surface area contributed by atoms with E-state index >= 15 is 0 Å². The molecule has 1 N–H and O–H groups in total. The lowest BCUT2D eigenvalue weighted by Crippen LogP contribution is -2.17. The maximum Gasteiger partial charge on any atom is 0.435 e. The van der Waals surface area contributed by atoms with E-state index in [4.69, 9.17) is 0 Å². The zero-order valence-corrected chi connectivity index (χ0v) is 16.5. The second kappa shape index (κ2) is 7.62. The zero-order valence-electron chi connectivity index (χ0n) is 15.7. The van der Waals surface area contributed by atoms with Gasteiger partial charge in [0.25, 0.3) is 0 Å². The van der Waals surface area contributed by atoms with Crippen LogP contribution in [0.15, 0.2) is 48.1 Å². The first kappa shape index (κ1) is 21.8. The number of aromatic nitrogens is 3. The molecular weight excluding hydrogens is 460 g/mol. The van der Waals surface area contributed by atoms with E-state index in [1.54, 1.807) is 0 Å². The lowest BCUT2D eigenvalue weighted by molar-refractivity contribution is -0.141. The van der Waals surface area contributed by atoms with Crippen LogP contribution in [0.2, 0.25) is 0 Å². The summed E-state index contributed by atoms with van der Waals surface area (Å²) in [5.74, 6) is -2.28. The quantitative estimate of drug-likeness (QED) is 0.374. The van der Waals surface area contributed by atoms with Crippen LogP contribution in [0.25, 0.3) is 21.5 Å². The van der Waals surface area contributed by atoms with E-state index in [0.717, 1.165) is 22.0 Å². The second-order valence-corrected chi connectivity index (χ2v) is 7.61. The van der Waals surface area contributed by atoms with Crippen LogP contribution in [0.4, 0.5) is 26.3 Å². The molecule has 5 nitrogen and oxygen atoms in total. The summed E-state index contributed by atoms with van der Waals surface area (Å²) in [6, 6.07) is 6.35. The molecule has 3 aromatic heterocycles. The van der Waals surface area contributed by atoms with Crippen molar-refractivity contribution in [2.45, 2.75) is 18.9 Å². The molecule has 4 aromatic rings. The van der Waals surface area contributed by atoms with E-state index in [1.165, 1.54) is 42.0 Å². The van der Waals surface area contributed by atoms with Crippen molar-refractivity contribution in [3.8, 4) is 11.4 Å². The minimum absolute atomic E-state index is 0.0247. The van der Waals surface area contributed by atoms with Gasteiger partial charge in [0.2, 0.25) is 0 Å². The Bertz CT molecular complexity index is 1310. The van der Waals surface area contributed by atoms with Crippen LogP contribution in [0.5, 0.6) is 0 Å². The maximum absolute atomic E-state index is 13.6. The van der Waals surface area contributed by atoms with Gasteiger partial charge in [0.1, 0.15) is 5.82 Å². The van der Waals surface area contributed by atoms with Gasteiger partial charge >= 0.3 is 18.3 Å². The highest BCUT2D eigenvalue weighted by Gasteiger charge is 2.42. The first-order chi connectivity index (χ1) is 15.0. The monoisotopic (exact) mass is 471 g/mol. The van der Waals surface area contributed by atoms with Crippen molar-refractivity contribution in [3.05, 3.63) is 70.6 Å². The van der Waals surface area contributed by atoms with Gasteiger partial charge in [-0.15, -0.1) is 11.3 Å².